The summed E-state index contributed by atoms with van der Waals surface area (Å²) in [4.78, 5) is 11.9. The molecule has 0 radical (unpaired) electrons. The zero-order valence-electron chi connectivity index (χ0n) is 14.7. The lowest BCUT2D eigenvalue weighted by molar-refractivity contribution is -0.123. The lowest BCUT2D eigenvalue weighted by Crippen LogP contribution is -2.24. The van der Waals surface area contributed by atoms with Crippen molar-refractivity contribution in [1.29, 1.82) is 0 Å². The van der Waals surface area contributed by atoms with Gasteiger partial charge in [0.05, 0.1) is 6.21 Å². The minimum absolute atomic E-state index is 0.105. The number of phenolic OH excluding ortho intramolecular Hbond substituents is 1. The number of carbonyl (C=O) groups is 1. The molecule has 0 aliphatic carbocycles. The van der Waals surface area contributed by atoms with Gasteiger partial charge in [-0.2, -0.15) is 5.10 Å². The van der Waals surface area contributed by atoms with E-state index in [9.17, 15) is 9.90 Å². The summed E-state index contributed by atoms with van der Waals surface area (Å²) in [5.74, 6) is 0.408. The summed E-state index contributed by atoms with van der Waals surface area (Å²) in [6.45, 7) is 3.80. The Balaban J connectivity index is 1.65. The number of benzene rings is 3. The van der Waals surface area contributed by atoms with Gasteiger partial charge in [-0.05, 0) is 47.9 Å². The quantitative estimate of drug-likeness (QED) is 0.546. The fraction of sp³-hybridized carbons (Fsp3) is 0.143. The van der Waals surface area contributed by atoms with Gasteiger partial charge in [0.1, 0.15) is 11.5 Å². The molecule has 0 saturated heterocycles. The third-order valence-corrected chi connectivity index (χ3v) is 4.24. The summed E-state index contributed by atoms with van der Waals surface area (Å²) in [5.41, 5.74) is 5.08. The highest BCUT2D eigenvalue weighted by molar-refractivity contribution is 6.02. The molecule has 0 aliphatic heterocycles. The number of hydrazone groups is 1. The molecule has 0 fully saturated rings. The fourth-order valence-corrected chi connectivity index (χ4v) is 2.64. The summed E-state index contributed by atoms with van der Waals surface area (Å²) in [6.07, 6.45) is 1.44. The number of hydrogen-bond acceptors (Lipinski definition) is 4. The van der Waals surface area contributed by atoms with Gasteiger partial charge >= 0.3 is 0 Å². The third kappa shape index (κ3) is 3.83. The van der Waals surface area contributed by atoms with Crippen molar-refractivity contribution in [2.45, 2.75) is 13.8 Å². The molecule has 1 amide bonds. The number of hydrogen-bond donors (Lipinski definition) is 2. The van der Waals surface area contributed by atoms with Crippen LogP contribution in [0.2, 0.25) is 0 Å². The Bertz CT molecular complexity index is 980. The van der Waals surface area contributed by atoms with Gasteiger partial charge in [-0.3, -0.25) is 4.79 Å². The molecule has 0 spiro atoms. The molecule has 5 heteroatoms. The molecule has 3 rings (SSSR count). The van der Waals surface area contributed by atoms with Crippen LogP contribution < -0.4 is 10.2 Å². The second-order valence-corrected chi connectivity index (χ2v) is 6.00. The van der Waals surface area contributed by atoms with Gasteiger partial charge < -0.3 is 9.84 Å². The van der Waals surface area contributed by atoms with E-state index in [0.29, 0.717) is 11.3 Å². The van der Waals surface area contributed by atoms with Crippen molar-refractivity contribution >= 4 is 22.9 Å². The minimum atomic E-state index is -0.373. The van der Waals surface area contributed by atoms with E-state index in [1.165, 1.54) is 6.21 Å². The van der Waals surface area contributed by atoms with Gasteiger partial charge in [0.25, 0.3) is 5.91 Å². The molecule has 0 bridgehead atoms. The third-order valence-electron chi connectivity index (χ3n) is 4.24. The summed E-state index contributed by atoms with van der Waals surface area (Å²) < 4.78 is 5.54. The van der Waals surface area contributed by atoms with Crippen LogP contribution in [0.3, 0.4) is 0 Å². The molecule has 0 aliphatic rings. The highest BCUT2D eigenvalue weighted by Gasteiger charge is 2.07. The van der Waals surface area contributed by atoms with E-state index in [1.807, 2.05) is 62.4 Å². The molecule has 5 nitrogen and oxygen atoms in total. The van der Waals surface area contributed by atoms with Crippen molar-refractivity contribution in [3.63, 3.8) is 0 Å². The van der Waals surface area contributed by atoms with Crippen molar-refractivity contribution in [2.75, 3.05) is 6.61 Å². The number of amides is 1. The number of nitrogens with zero attached hydrogens (tertiary/aromatic N) is 1. The van der Waals surface area contributed by atoms with Crippen LogP contribution in [0.5, 0.6) is 11.5 Å². The predicted molar refractivity (Wildman–Crippen MR) is 103 cm³/mol. The topological polar surface area (TPSA) is 70.9 Å². The van der Waals surface area contributed by atoms with Crippen molar-refractivity contribution in [2.24, 2.45) is 5.10 Å². The number of rotatable bonds is 5. The van der Waals surface area contributed by atoms with E-state index in [2.05, 4.69) is 10.5 Å². The Hall–Kier alpha value is -3.34. The Morgan fingerprint density at radius 3 is 2.77 bits per heavy atom. The molecule has 0 atom stereocenters. The van der Waals surface area contributed by atoms with Crippen molar-refractivity contribution in [3.8, 4) is 11.5 Å². The maximum Gasteiger partial charge on any atom is 0.277 e. The number of phenols is 1. The maximum absolute atomic E-state index is 11.9. The lowest BCUT2D eigenvalue weighted by Gasteiger charge is -2.09. The molecular weight excluding hydrogens is 328 g/mol. The van der Waals surface area contributed by atoms with Crippen LogP contribution in [-0.4, -0.2) is 23.8 Å². The maximum atomic E-state index is 11.9. The molecular formula is C21H20N2O3. The summed E-state index contributed by atoms with van der Waals surface area (Å²) in [6, 6.07) is 16.8. The molecule has 26 heavy (non-hydrogen) atoms. The standard InChI is InChI=1S/C21H20N2O3/c1-14-6-5-9-20(15(14)2)26-13-21(25)23-22-12-18-17-8-4-3-7-16(17)10-11-19(18)24/h3-12,24H,13H2,1-2H3,(H,23,25)/b22-12-. The Morgan fingerprint density at radius 1 is 1.12 bits per heavy atom. The average Bonchev–Trinajstić information content (AvgIpc) is 2.65. The number of aryl methyl sites for hydroxylation is 1. The van der Waals surface area contributed by atoms with E-state index in [-0.39, 0.29) is 18.3 Å². The molecule has 2 N–H and O–H groups in total. The van der Waals surface area contributed by atoms with Crippen LogP contribution in [0.25, 0.3) is 10.8 Å². The van der Waals surface area contributed by atoms with Crippen LogP contribution in [0, 0.1) is 13.8 Å². The minimum Gasteiger partial charge on any atom is -0.507 e. The van der Waals surface area contributed by atoms with E-state index in [0.717, 1.165) is 21.9 Å². The Morgan fingerprint density at radius 2 is 1.92 bits per heavy atom. The summed E-state index contributed by atoms with van der Waals surface area (Å²) in [7, 11) is 0. The molecule has 3 aromatic rings. The van der Waals surface area contributed by atoms with Crippen LogP contribution in [0.15, 0.2) is 59.7 Å². The van der Waals surface area contributed by atoms with E-state index in [1.54, 1.807) is 6.07 Å². The molecule has 0 aromatic heterocycles. The number of aromatic hydroxyl groups is 1. The smallest absolute Gasteiger partial charge is 0.277 e. The Labute approximate surface area is 151 Å². The van der Waals surface area contributed by atoms with Crippen molar-refractivity contribution in [3.05, 3.63) is 71.3 Å². The van der Waals surface area contributed by atoms with E-state index in [4.69, 9.17) is 4.74 Å². The van der Waals surface area contributed by atoms with Gasteiger partial charge in [-0.1, -0.05) is 42.5 Å². The number of fused-ring (bicyclic) bond motifs is 1. The monoisotopic (exact) mass is 348 g/mol. The van der Waals surface area contributed by atoms with Gasteiger partial charge in [0, 0.05) is 5.56 Å². The zero-order chi connectivity index (χ0) is 18.5. The van der Waals surface area contributed by atoms with Gasteiger partial charge in [0.15, 0.2) is 6.61 Å². The Kier molecular flexibility index (Phi) is 5.17. The average molecular weight is 348 g/mol. The summed E-state index contributed by atoms with van der Waals surface area (Å²) >= 11 is 0. The van der Waals surface area contributed by atoms with Gasteiger partial charge in [-0.25, -0.2) is 5.43 Å². The normalized spacial score (nSPS) is 11.0. The molecule has 132 valence electrons. The second kappa shape index (κ2) is 7.70. The molecule has 3 aromatic carbocycles. The van der Waals surface area contributed by atoms with Crippen LogP contribution in [-0.2, 0) is 4.79 Å². The van der Waals surface area contributed by atoms with E-state index >= 15 is 0 Å². The van der Waals surface area contributed by atoms with Gasteiger partial charge in [0.2, 0.25) is 0 Å². The first kappa shape index (κ1) is 17.5. The first-order chi connectivity index (χ1) is 12.6. The van der Waals surface area contributed by atoms with Crippen LogP contribution >= 0.6 is 0 Å². The largest absolute Gasteiger partial charge is 0.507 e. The van der Waals surface area contributed by atoms with E-state index < -0.39 is 0 Å². The first-order valence-electron chi connectivity index (χ1n) is 8.28. The highest BCUT2D eigenvalue weighted by atomic mass is 16.5. The zero-order valence-corrected chi connectivity index (χ0v) is 14.7. The van der Waals surface area contributed by atoms with Gasteiger partial charge in [-0.15, -0.1) is 0 Å². The summed E-state index contributed by atoms with van der Waals surface area (Å²) in [5, 5.41) is 15.8. The molecule has 0 unspecified atom stereocenters. The van der Waals surface area contributed by atoms with Crippen molar-refractivity contribution < 1.29 is 14.6 Å². The highest BCUT2D eigenvalue weighted by Crippen LogP contribution is 2.25. The van der Waals surface area contributed by atoms with Crippen LogP contribution in [0.1, 0.15) is 16.7 Å². The number of ether oxygens (including phenoxy) is 1. The lowest BCUT2D eigenvalue weighted by atomic mass is 10.0. The number of nitrogens with one attached hydrogen (secondary N) is 1. The molecule has 0 heterocycles. The van der Waals surface area contributed by atoms with Crippen molar-refractivity contribution in [1.82, 2.24) is 5.43 Å². The first-order valence-corrected chi connectivity index (χ1v) is 8.28. The molecule has 0 saturated carbocycles. The number of carbonyl (C=O) groups excluding carboxylic acids is 1. The predicted octanol–water partition coefficient (Wildman–Crippen LogP) is 3.69. The second-order valence-electron chi connectivity index (χ2n) is 6.00. The SMILES string of the molecule is Cc1cccc(OCC(=O)N/N=C\c2c(O)ccc3ccccc23)c1C. The van der Waals surface area contributed by atoms with Crippen LogP contribution in [0.4, 0.5) is 0 Å². The fourth-order valence-electron chi connectivity index (χ4n) is 2.64.